The lowest BCUT2D eigenvalue weighted by Gasteiger charge is -2.25. The lowest BCUT2D eigenvalue weighted by atomic mass is 9.91. The average molecular weight is 285 g/mol. The van der Waals surface area contributed by atoms with E-state index < -0.39 is 0 Å². The van der Waals surface area contributed by atoms with Crippen molar-refractivity contribution >= 4 is 0 Å². The highest BCUT2D eigenvalue weighted by Crippen LogP contribution is 2.18. The first-order valence-corrected chi connectivity index (χ1v) is 7.74. The maximum Gasteiger partial charge on any atom is 0.0934 e. The van der Waals surface area contributed by atoms with Gasteiger partial charge in [-0.3, -0.25) is 0 Å². The van der Waals surface area contributed by atoms with E-state index in [9.17, 15) is 0 Å². The number of aryl methyl sites for hydroxylation is 1. The maximum atomic E-state index is 5.21. The van der Waals surface area contributed by atoms with Crippen LogP contribution in [0.3, 0.4) is 0 Å². The summed E-state index contributed by atoms with van der Waals surface area (Å²) < 4.78 is 5.21. The van der Waals surface area contributed by atoms with Crippen LogP contribution in [0.2, 0.25) is 0 Å². The van der Waals surface area contributed by atoms with Crippen LogP contribution in [0.4, 0.5) is 0 Å². The van der Waals surface area contributed by atoms with E-state index in [4.69, 9.17) is 4.42 Å². The molecule has 0 saturated heterocycles. The third-order valence-electron chi connectivity index (χ3n) is 3.80. The summed E-state index contributed by atoms with van der Waals surface area (Å²) in [6, 6.07) is 10.8. The van der Waals surface area contributed by atoms with E-state index in [1.54, 1.807) is 6.26 Å². The zero-order valence-corrected chi connectivity index (χ0v) is 13.6. The monoisotopic (exact) mass is 285 g/mol. The fraction of sp³-hybridized carbons (Fsp3) is 0.474. The molecule has 0 aliphatic rings. The average Bonchev–Trinajstić information content (AvgIpc) is 2.90. The number of hydrogen-bond donors (Lipinski definition) is 1. The minimum Gasteiger partial charge on any atom is -0.472 e. The van der Waals surface area contributed by atoms with E-state index >= 15 is 0 Å². The molecule has 0 aliphatic heterocycles. The normalized spacial score (nSPS) is 13.3. The van der Waals surface area contributed by atoms with Crippen LogP contribution in [-0.2, 0) is 12.8 Å². The Kier molecular flexibility index (Phi) is 5.24. The highest BCUT2D eigenvalue weighted by Gasteiger charge is 2.16. The van der Waals surface area contributed by atoms with Crippen LogP contribution in [0.25, 0.3) is 0 Å². The van der Waals surface area contributed by atoms with Crippen LogP contribution in [-0.4, -0.2) is 12.1 Å². The summed E-state index contributed by atoms with van der Waals surface area (Å²) in [4.78, 5) is 0. The Bertz CT molecular complexity index is 537. The van der Waals surface area contributed by atoms with Crippen LogP contribution in [0.1, 0.15) is 37.5 Å². The molecule has 2 rings (SSSR count). The molecule has 1 atom stereocenters. The second-order valence-corrected chi connectivity index (χ2v) is 6.96. The number of hydrogen-bond acceptors (Lipinski definition) is 2. The molecule has 0 spiro atoms. The summed E-state index contributed by atoms with van der Waals surface area (Å²) in [6.07, 6.45) is 5.77. The van der Waals surface area contributed by atoms with Gasteiger partial charge in [-0.25, -0.2) is 0 Å². The fourth-order valence-electron chi connectivity index (χ4n) is 2.56. The summed E-state index contributed by atoms with van der Waals surface area (Å²) in [5.74, 6) is 0.572. The summed E-state index contributed by atoms with van der Waals surface area (Å²) in [7, 11) is 0. The van der Waals surface area contributed by atoms with Crippen molar-refractivity contribution in [3.05, 3.63) is 59.5 Å². The lowest BCUT2D eigenvalue weighted by Crippen LogP contribution is -2.40. The first-order chi connectivity index (χ1) is 9.94. The molecule has 0 aliphatic carbocycles. The summed E-state index contributed by atoms with van der Waals surface area (Å²) in [5, 5.41) is 3.64. The van der Waals surface area contributed by atoms with Crippen molar-refractivity contribution in [1.82, 2.24) is 5.32 Å². The summed E-state index contributed by atoms with van der Waals surface area (Å²) in [5.41, 5.74) is 4.26. The van der Waals surface area contributed by atoms with Gasteiger partial charge in [0.2, 0.25) is 0 Å². The van der Waals surface area contributed by atoms with Crippen molar-refractivity contribution < 1.29 is 4.42 Å². The fourth-order valence-corrected chi connectivity index (χ4v) is 2.56. The van der Waals surface area contributed by atoms with Gasteiger partial charge in [-0.1, -0.05) is 24.3 Å². The quantitative estimate of drug-likeness (QED) is 0.852. The van der Waals surface area contributed by atoms with Gasteiger partial charge in [0.25, 0.3) is 0 Å². The molecular formula is C19H27NO. The molecule has 0 amide bonds. The molecular weight excluding hydrogens is 258 g/mol. The van der Waals surface area contributed by atoms with Crippen molar-refractivity contribution in [2.24, 2.45) is 5.92 Å². The largest absolute Gasteiger partial charge is 0.472 e. The van der Waals surface area contributed by atoms with Crippen molar-refractivity contribution in [3.63, 3.8) is 0 Å². The van der Waals surface area contributed by atoms with Crippen LogP contribution < -0.4 is 5.32 Å². The Morgan fingerprint density at radius 2 is 1.86 bits per heavy atom. The molecule has 0 radical (unpaired) electrons. The second kappa shape index (κ2) is 6.95. The Morgan fingerprint density at radius 1 is 1.10 bits per heavy atom. The highest BCUT2D eigenvalue weighted by atomic mass is 16.3. The molecule has 2 nitrogen and oxygen atoms in total. The molecule has 1 N–H and O–H groups in total. The van der Waals surface area contributed by atoms with E-state index in [-0.39, 0.29) is 5.54 Å². The topological polar surface area (TPSA) is 25.2 Å². The van der Waals surface area contributed by atoms with Crippen LogP contribution in [0.15, 0.2) is 47.3 Å². The Morgan fingerprint density at radius 3 is 2.48 bits per heavy atom. The van der Waals surface area contributed by atoms with Gasteiger partial charge in [-0.2, -0.15) is 0 Å². The van der Waals surface area contributed by atoms with Crippen LogP contribution >= 0.6 is 0 Å². The maximum absolute atomic E-state index is 5.21. The van der Waals surface area contributed by atoms with E-state index in [2.05, 4.69) is 63.3 Å². The molecule has 2 aromatic rings. The molecule has 1 aromatic carbocycles. The minimum absolute atomic E-state index is 0.153. The molecule has 0 bridgehead atoms. The standard InChI is InChI=1S/C19H27NO/c1-15-7-5-6-8-18(15)12-17(13-20-19(2,3)4)11-16-9-10-21-14-16/h5-10,14,17,20H,11-13H2,1-4H3. The van der Waals surface area contributed by atoms with E-state index in [0.717, 1.165) is 19.4 Å². The molecule has 1 unspecified atom stereocenters. The predicted octanol–water partition coefficient (Wildman–Crippen LogP) is 4.38. The Balaban J connectivity index is 2.06. The molecule has 0 fully saturated rings. The minimum atomic E-state index is 0.153. The number of benzene rings is 1. The molecule has 2 heteroatoms. The molecule has 0 saturated carbocycles. The van der Waals surface area contributed by atoms with E-state index in [1.165, 1.54) is 16.7 Å². The molecule has 114 valence electrons. The van der Waals surface area contributed by atoms with Gasteiger partial charge in [0.15, 0.2) is 0 Å². The van der Waals surface area contributed by atoms with Gasteiger partial charge < -0.3 is 9.73 Å². The zero-order valence-electron chi connectivity index (χ0n) is 13.6. The van der Waals surface area contributed by atoms with E-state index in [0.29, 0.717) is 5.92 Å². The van der Waals surface area contributed by atoms with Crippen molar-refractivity contribution in [2.75, 3.05) is 6.54 Å². The van der Waals surface area contributed by atoms with Gasteiger partial charge in [0.1, 0.15) is 0 Å². The van der Waals surface area contributed by atoms with Gasteiger partial charge >= 0.3 is 0 Å². The SMILES string of the molecule is Cc1ccccc1CC(CNC(C)(C)C)Cc1ccoc1. The van der Waals surface area contributed by atoms with Crippen LogP contribution in [0.5, 0.6) is 0 Å². The van der Waals surface area contributed by atoms with E-state index in [1.807, 2.05) is 6.26 Å². The van der Waals surface area contributed by atoms with Crippen LogP contribution in [0, 0.1) is 12.8 Å². The smallest absolute Gasteiger partial charge is 0.0934 e. The zero-order chi connectivity index (χ0) is 15.3. The third kappa shape index (κ3) is 5.39. The van der Waals surface area contributed by atoms with Crippen molar-refractivity contribution in [2.45, 2.75) is 46.1 Å². The second-order valence-electron chi connectivity index (χ2n) is 6.96. The lowest BCUT2D eigenvalue weighted by molar-refractivity contribution is 0.366. The van der Waals surface area contributed by atoms with Crippen molar-refractivity contribution in [3.8, 4) is 0 Å². The number of rotatable bonds is 6. The number of furan rings is 1. The van der Waals surface area contributed by atoms with Crippen molar-refractivity contribution in [1.29, 1.82) is 0 Å². The first kappa shape index (κ1) is 15.8. The third-order valence-corrected chi connectivity index (χ3v) is 3.80. The Labute approximate surface area is 128 Å². The number of nitrogens with one attached hydrogen (secondary N) is 1. The Hall–Kier alpha value is -1.54. The van der Waals surface area contributed by atoms with Gasteiger partial charge in [0.05, 0.1) is 12.5 Å². The summed E-state index contributed by atoms with van der Waals surface area (Å²) >= 11 is 0. The van der Waals surface area contributed by atoms with Gasteiger partial charge in [-0.05, 0) is 75.8 Å². The molecule has 1 heterocycles. The van der Waals surface area contributed by atoms with Gasteiger partial charge in [0, 0.05) is 5.54 Å². The predicted molar refractivity (Wildman–Crippen MR) is 88.5 cm³/mol. The molecule has 21 heavy (non-hydrogen) atoms. The highest BCUT2D eigenvalue weighted by molar-refractivity contribution is 5.26. The molecule has 1 aromatic heterocycles. The summed E-state index contributed by atoms with van der Waals surface area (Å²) in [6.45, 7) is 9.87. The first-order valence-electron chi connectivity index (χ1n) is 7.74. The van der Waals surface area contributed by atoms with Gasteiger partial charge in [-0.15, -0.1) is 0 Å².